The second-order valence-electron chi connectivity index (χ2n) is 4.53. The second kappa shape index (κ2) is 7.62. The number of nitrogens with zero attached hydrogens (tertiary/aromatic N) is 1. The van der Waals surface area contributed by atoms with Gasteiger partial charge < -0.3 is 4.74 Å². The van der Waals surface area contributed by atoms with Crippen molar-refractivity contribution in [3.05, 3.63) is 65.2 Å². The van der Waals surface area contributed by atoms with E-state index < -0.39 is 0 Å². The fourth-order valence-electron chi connectivity index (χ4n) is 1.77. The van der Waals surface area contributed by atoms with Crippen molar-refractivity contribution < 1.29 is 4.74 Å². The number of aryl methyl sites for hydroxylation is 1. The average Bonchev–Trinajstić information content (AvgIpc) is 2.49. The zero-order valence-electron chi connectivity index (χ0n) is 11.5. The summed E-state index contributed by atoms with van der Waals surface area (Å²) < 4.78 is 5.67. The van der Waals surface area contributed by atoms with Crippen LogP contribution in [-0.4, -0.2) is 12.4 Å². The van der Waals surface area contributed by atoms with E-state index in [1.807, 2.05) is 42.1 Å². The maximum atomic E-state index is 8.84. The van der Waals surface area contributed by atoms with Gasteiger partial charge in [-0.25, -0.2) is 0 Å². The highest BCUT2D eigenvalue weighted by Gasteiger charge is 1.97. The van der Waals surface area contributed by atoms with E-state index in [1.54, 1.807) is 0 Å². The topological polar surface area (TPSA) is 33.0 Å². The van der Waals surface area contributed by atoms with E-state index in [0.717, 1.165) is 22.8 Å². The molecule has 0 unspecified atom stereocenters. The van der Waals surface area contributed by atoms with Crippen LogP contribution in [0.1, 0.15) is 16.7 Å². The van der Waals surface area contributed by atoms with Crippen molar-refractivity contribution in [1.82, 2.24) is 0 Å². The Labute approximate surface area is 124 Å². The quantitative estimate of drug-likeness (QED) is 0.746. The molecule has 0 heterocycles. The molecule has 20 heavy (non-hydrogen) atoms. The van der Waals surface area contributed by atoms with Crippen LogP contribution < -0.4 is 4.74 Å². The number of hydrogen-bond donors (Lipinski definition) is 0. The van der Waals surface area contributed by atoms with Crippen LogP contribution in [0.3, 0.4) is 0 Å². The summed E-state index contributed by atoms with van der Waals surface area (Å²) in [5.41, 5.74) is 3.15. The first kappa shape index (κ1) is 14.5. The first-order valence-electron chi connectivity index (χ1n) is 6.54. The van der Waals surface area contributed by atoms with Gasteiger partial charge in [-0.3, -0.25) is 0 Å². The Morgan fingerprint density at radius 2 is 1.95 bits per heavy atom. The average molecular weight is 283 g/mol. The molecule has 0 atom stereocenters. The van der Waals surface area contributed by atoms with E-state index in [2.05, 4.69) is 31.2 Å². The first-order chi connectivity index (χ1) is 9.78. The van der Waals surface area contributed by atoms with Gasteiger partial charge >= 0.3 is 0 Å². The highest BCUT2D eigenvalue weighted by molar-refractivity contribution is 7.98. The molecule has 3 heteroatoms. The molecule has 0 spiro atoms. The van der Waals surface area contributed by atoms with Gasteiger partial charge in [0, 0.05) is 11.5 Å². The van der Waals surface area contributed by atoms with E-state index in [9.17, 15) is 0 Å². The molecule has 0 radical (unpaired) electrons. The summed E-state index contributed by atoms with van der Waals surface area (Å²) >= 11 is 1.81. The summed E-state index contributed by atoms with van der Waals surface area (Å²) in [6.07, 6.45) is 0. The van der Waals surface area contributed by atoms with E-state index in [4.69, 9.17) is 10.00 Å². The maximum Gasteiger partial charge on any atom is 0.119 e. The third-order valence-corrected chi connectivity index (χ3v) is 3.83. The summed E-state index contributed by atoms with van der Waals surface area (Å²) in [6, 6.07) is 18.0. The van der Waals surface area contributed by atoms with E-state index >= 15 is 0 Å². The molecule has 0 saturated carbocycles. The number of nitriles is 1. The monoisotopic (exact) mass is 283 g/mol. The van der Waals surface area contributed by atoms with Gasteiger partial charge in [-0.1, -0.05) is 29.8 Å². The second-order valence-corrected chi connectivity index (χ2v) is 5.63. The lowest BCUT2D eigenvalue weighted by Gasteiger charge is -2.06. The van der Waals surface area contributed by atoms with Crippen LogP contribution in [0.5, 0.6) is 5.75 Å². The number of benzene rings is 2. The molecule has 102 valence electrons. The smallest absolute Gasteiger partial charge is 0.119 e. The van der Waals surface area contributed by atoms with Gasteiger partial charge in [-0.2, -0.15) is 17.0 Å². The minimum Gasteiger partial charge on any atom is -0.493 e. The van der Waals surface area contributed by atoms with E-state index in [1.165, 1.54) is 11.1 Å². The minimum atomic E-state index is 0.700. The van der Waals surface area contributed by atoms with Gasteiger partial charge in [0.1, 0.15) is 5.75 Å². The van der Waals surface area contributed by atoms with Gasteiger partial charge in [0.25, 0.3) is 0 Å². The predicted molar refractivity (Wildman–Crippen MR) is 84.0 cm³/mol. The molecular weight excluding hydrogens is 266 g/mol. The van der Waals surface area contributed by atoms with Gasteiger partial charge in [0.15, 0.2) is 0 Å². The van der Waals surface area contributed by atoms with Gasteiger partial charge in [-0.05, 0) is 36.8 Å². The van der Waals surface area contributed by atoms with Crippen LogP contribution >= 0.6 is 11.8 Å². The molecule has 0 aliphatic carbocycles. The van der Waals surface area contributed by atoms with Crippen LogP contribution in [0.2, 0.25) is 0 Å². The van der Waals surface area contributed by atoms with Gasteiger partial charge in [0.05, 0.1) is 18.2 Å². The fourth-order valence-corrected chi connectivity index (χ4v) is 2.53. The lowest BCUT2D eigenvalue weighted by Crippen LogP contribution is -2.00. The Balaban J connectivity index is 1.69. The Morgan fingerprint density at radius 1 is 1.15 bits per heavy atom. The lowest BCUT2D eigenvalue weighted by molar-refractivity contribution is 0.344. The summed E-state index contributed by atoms with van der Waals surface area (Å²) in [5.74, 6) is 2.76. The number of hydrogen-bond acceptors (Lipinski definition) is 3. The normalized spacial score (nSPS) is 10.0. The lowest BCUT2D eigenvalue weighted by atomic mass is 10.2. The Hall–Kier alpha value is -1.92. The van der Waals surface area contributed by atoms with Crippen molar-refractivity contribution in [1.29, 1.82) is 5.26 Å². The zero-order chi connectivity index (χ0) is 14.2. The van der Waals surface area contributed by atoms with Gasteiger partial charge in [0.2, 0.25) is 0 Å². The van der Waals surface area contributed by atoms with Crippen molar-refractivity contribution in [3.63, 3.8) is 0 Å². The molecule has 2 aromatic carbocycles. The Bertz CT molecular complexity index is 587. The molecular formula is C17H17NOS. The molecule has 0 N–H and O–H groups in total. The fraction of sp³-hybridized carbons (Fsp3) is 0.235. The predicted octanol–water partition coefficient (Wildman–Crippen LogP) is 4.18. The molecule has 0 bridgehead atoms. The van der Waals surface area contributed by atoms with E-state index in [0.29, 0.717) is 6.61 Å². The molecule has 0 amide bonds. The number of rotatable bonds is 6. The third kappa shape index (κ3) is 4.64. The SMILES string of the molecule is Cc1ccc(OCCSCc2cccc(C#N)c2)cc1. The van der Waals surface area contributed by atoms with Gasteiger partial charge in [-0.15, -0.1) is 0 Å². The molecule has 0 aromatic heterocycles. The molecule has 2 nitrogen and oxygen atoms in total. The Morgan fingerprint density at radius 3 is 2.70 bits per heavy atom. The minimum absolute atomic E-state index is 0.700. The van der Waals surface area contributed by atoms with Crippen LogP contribution in [0.25, 0.3) is 0 Å². The van der Waals surface area contributed by atoms with Crippen LogP contribution in [0.4, 0.5) is 0 Å². The summed E-state index contributed by atoms with van der Waals surface area (Å²) in [6.45, 7) is 2.76. The molecule has 0 aliphatic rings. The van der Waals surface area contributed by atoms with Crippen molar-refractivity contribution >= 4 is 11.8 Å². The van der Waals surface area contributed by atoms with Crippen molar-refractivity contribution in [2.24, 2.45) is 0 Å². The zero-order valence-corrected chi connectivity index (χ0v) is 12.3. The van der Waals surface area contributed by atoms with E-state index in [-0.39, 0.29) is 0 Å². The molecule has 0 fully saturated rings. The van der Waals surface area contributed by atoms with Crippen LogP contribution in [-0.2, 0) is 5.75 Å². The van der Waals surface area contributed by atoms with Crippen molar-refractivity contribution in [2.75, 3.05) is 12.4 Å². The van der Waals surface area contributed by atoms with Crippen molar-refractivity contribution in [3.8, 4) is 11.8 Å². The summed E-state index contributed by atoms with van der Waals surface area (Å²) in [7, 11) is 0. The molecule has 0 saturated heterocycles. The summed E-state index contributed by atoms with van der Waals surface area (Å²) in [4.78, 5) is 0. The molecule has 0 aliphatic heterocycles. The maximum absolute atomic E-state index is 8.84. The number of ether oxygens (including phenoxy) is 1. The molecule has 2 aromatic rings. The molecule has 2 rings (SSSR count). The number of thioether (sulfide) groups is 1. The highest BCUT2D eigenvalue weighted by Crippen LogP contribution is 2.15. The van der Waals surface area contributed by atoms with Crippen LogP contribution in [0, 0.1) is 18.3 Å². The summed E-state index contributed by atoms with van der Waals surface area (Å²) in [5, 5.41) is 8.84. The first-order valence-corrected chi connectivity index (χ1v) is 7.69. The van der Waals surface area contributed by atoms with Crippen molar-refractivity contribution in [2.45, 2.75) is 12.7 Å². The Kier molecular flexibility index (Phi) is 5.52. The van der Waals surface area contributed by atoms with Crippen LogP contribution in [0.15, 0.2) is 48.5 Å². The standard InChI is InChI=1S/C17H17NOS/c1-14-5-7-17(8-6-14)19-9-10-20-13-16-4-2-3-15(11-16)12-18/h2-8,11H,9-10,13H2,1H3. The highest BCUT2D eigenvalue weighted by atomic mass is 32.2. The third-order valence-electron chi connectivity index (χ3n) is 2.84. The largest absolute Gasteiger partial charge is 0.493 e.